The molecule has 0 saturated heterocycles. The molecule has 12 heavy (non-hydrogen) atoms. The van der Waals surface area contributed by atoms with Crippen LogP contribution in [0.1, 0.15) is 32.1 Å². The number of nitrogens with zero attached hydrogens (tertiary/aromatic N) is 2. The van der Waals surface area contributed by atoms with E-state index < -0.39 is 0 Å². The van der Waals surface area contributed by atoms with Crippen LogP contribution in [0.15, 0.2) is 21.1 Å². The Bertz CT molecular complexity index is 139. The zero-order chi connectivity index (χ0) is 8.49. The summed E-state index contributed by atoms with van der Waals surface area (Å²) in [7, 11) is 3.10. The van der Waals surface area contributed by atoms with Crippen molar-refractivity contribution in [3.05, 3.63) is 11.5 Å². The molecule has 0 amide bonds. The number of allylic oxidation sites excluding steroid dienone is 1. The van der Waals surface area contributed by atoms with Gasteiger partial charge in [-0.05, 0) is 35.5 Å². The molecule has 1 rings (SSSR count). The highest BCUT2D eigenvalue weighted by atomic mass is 33.1. The topological polar surface area (TPSA) is 24.7 Å². The lowest BCUT2D eigenvalue weighted by molar-refractivity contribution is 0.648. The minimum atomic E-state index is 0.900. The summed E-state index contributed by atoms with van der Waals surface area (Å²) < 4.78 is 3.96. The monoisotopic (exact) mass is 202 g/mol. The van der Waals surface area contributed by atoms with Gasteiger partial charge in [-0.15, -0.1) is 4.52 Å². The third-order valence-corrected chi connectivity index (χ3v) is 3.03. The van der Waals surface area contributed by atoms with Crippen molar-refractivity contribution >= 4 is 21.8 Å². The zero-order valence-corrected chi connectivity index (χ0v) is 8.74. The molecule has 68 valence electrons. The van der Waals surface area contributed by atoms with Gasteiger partial charge in [0.05, 0.1) is 17.5 Å². The second-order valence-electron chi connectivity index (χ2n) is 2.69. The van der Waals surface area contributed by atoms with Crippen molar-refractivity contribution in [3.63, 3.8) is 0 Å². The smallest absolute Gasteiger partial charge is 0.0716 e. The standard InChI is InChI=1S/C8H14N2S2/c1-2-4-6-8-11-12-10-9-7-5-3-1/h6,8H,1-5,7H2/b8-6-,10-9-. The van der Waals surface area contributed by atoms with Crippen LogP contribution >= 0.6 is 21.8 Å². The minimum Gasteiger partial charge on any atom is -0.181 e. The Kier molecular flexibility index (Phi) is 6.48. The molecule has 0 fully saturated rings. The van der Waals surface area contributed by atoms with Crippen LogP contribution in [-0.2, 0) is 0 Å². The van der Waals surface area contributed by atoms with Crippen molar-refractivity contribution in [2.45, 2.75) is 32.1 Å². The van der Waals surface area contributed by atoms with E-state index in [0.29, 0.717) is 0 Å². The molecule has 0 atom stereocenters. The summed E-state index contributed by atoms with van der Waals surface area (Å²) in [6.45, 7) is 0.900. The summed E-state index contributed by atoms with van der Waals surface area (Å²) >= 11 is 0. The lowest BCUT2D eigenvalue weighted by atomic mass is 10.1. The van der Waals surface area contributed by atoms with E-state index in [4.69, 9.17) is 0 Å². The Morgan fingerprint density at radius 2 is 2.00 bits per heavy atom. The average molecular weight is 202 g/mol. The molecule has 0 saturated carbocycles. The second-order valence-corrected chi connectivity index (χ2v) is 4.49. The van der Waals surface area contributed by atoms with Crippen LogP contribution in [0.4, 0.5) is 0 Å². The first-order valence-electron chi connectivity index (χ1n) is 4.34. The van der Waals surface area contributed by atoms with Gasteiger partial charge >= 0.3 is 0 Å². The summed E-state index contributed by atoms with van der Waals surface area (Å²) in [5.41, 5.74) is 0. The number of hydrogen-bond donors (Lipinski definition) is 0. The van der Waals surface area contributed by atoms with Gasteiger partial charge in [0.2, 0.25) is 0 Å². The Morgan fingerprint density at radius 1 is 1.08 bits per heavy atom. The molecule has 0 aliphatic carbocycles. The zero-order valence-electron chi connectivity index (χ0n) is 7.11. The number of rotatable bonds is 0. The van der Waals surface area contributed by atoms with Gasteiger partial charge in [0.15, 0.2) is 0 Å². The van der Waals surface area contributed by atoms with Crippen molar-refractivity contribution in [1.82, 2.24) is 0 Å². The normalized spacial score (nSPS) is 26.7. The van der Waals surface area contributed by atoms with Crippen molar-refractivity contribution in [1.29, 1.82) is 0 Å². The first-order valence-corrected chi connectivity index (χ1v) is 6.51. The second kappa shape index (κ2) is 7.68. The summed E-state index contributed by atoms with van der Waals surface area (Å²) in [5, 5.41) is 6.14. The van der Waals surface area contributed by atoms with Crippen LogP contribution in [0.3, 0.4) is 0 Å². The van der Waals surface area contributed by atoms with E-state index in [1.165, 1.54) is 43.1 Å². The maximum absolute atomic E-state index is 4.04. The highest BCUT2D eigenvalue weighted by molar-refractivity contribution is 8.77. The van der Waals surface area contributed by atoms with Gasteiger partial charge in [-0.2, -0.15) is 5.11 Å². The molecule has 0 bridgehead atoms. The Morgan fingerprint density at radius 3 is 3.00 bits per heavy atom. The lowest BCUT2D eigenvalue weighted by Crippen LogP contribution is -1.81. The van der Waals surface area contributed by atoms with Crippen molar-refractivity contribution in [2.24, 2.45) is 9.63 Å². The van der Waals surface area contributed by atoms with E-state index in [-0.39, 0.29) is 0 Å². The molecule has 0 aromatic rings. The quantitative estimate of drug-likeness (QED) is 0.434. The Balaban J connectivity index is 2.19. The summed E-state index contributed by atoms with van der Waals surface area (Å²) in [5.74, 6) is 0. The maximum atomic E-state index is 4.04. The largest absolute Gasteiger partial charge is 0.181 e. The van der Waals surface area contributed by atoms with E-state index in [9.17, 15) is 0 Å². The Hall–Kier alpha value is 0.0400. The van der Waals surface area contributed by atoms with Gasteiger partial charge in [-0.3, -0.25) is 0 Å². The molecule has 2 nitrogen and oxygen atoms in total. The fourth-order valence-corrected chi connectivity index (χ4v) is 2.09. The van der Waals surface area contributed by atoms with Gasteiger partial charge in [0.25, 0.3) is 0 Å². The van der Waals surface area contributed by atoms with E-state index in [1.54, 1.807) is 10.8 Å². The fourth-order valence-electron chi connectivity index (χ4n) is 1.01. The van der Waals surface area contributed by atoms with E-state index in [0.717, 1.165) is 6.54 Å². The highest BCUT2D eigenvalue weighted by Gasteiger charge is 1.90. The third-order valence-electron chi connectivity index (χ3n) is 1.66. The molecule has 0 N–H and O–H groups in total. The first-order chi connectivity index (χ1) is 6.00. The predicted molar refractivity (Wildman–Crippen MR) is 57.1 cm³/mol. The fraction of sp³-hybridized carbons (Fsp3) is 0.750. The van der Waals surface area contributed by atoms with Gasteiger partial charge < -0.3 is 0 Å². The van der Waals surface area contributed by atoms with E-state index in [2.05, 4.69) is 21.1 Å². The van der Waals surface area contributed by atoms with Crippen LogP contribution in [-0.4, -0.2) is 6.54 Å². The van der Waals surface area contributed by atoms with Gasteiger partial charge in [0.1, 0.15) is 0 Å². The molecule has 0 aromatic carbocycles. The van der Waals surface area contributed by atoms with E-state index in [1.807, 2.05) is 0 Å². The molecule has 1 aliphatic heterocycles. The lowest BCUT2D eigenvalue weighted by Gasteiger charge is -1.97. The maximum Gasteiger partial charge on any atom is 0.0716 e. The predicted octanol–water partition coefficient (Wildman–Crippen LogP) is 4.21. The van der Waals surface area contributed by atoms with Gasteiger partial charge in [0, 0.05) is 0 Å². The Labute approximate surface area is 81.8 Å². The highest BCUT2D eigenvalue weighted by Crippen LogP contribution is 2.24. The molecular formula is C8H14N2S2. The average Bonchev–Trinajstić information content (AvgIpc) is 2.05. The molecule has 0 radical (unpaired) electrons. The van der Waals surface area contributed by atoms with Gasteiger partial charge in [-0.1, -0.05) is 18.9 Å². The summed E-state index contributed by atoms with van der Waals surface area (Å²) in [4.78, 5) is 0. The number of hydrogen-bond acceptors (Lipinski definition) is 4. The summed E-state index contributed by atoms with van der Waals surface area (Å²) in [6, 6.07) is 0. The van der Waals surface area contributed by atoms with Crippen LogP contribution in [0.25, 0.3) is 0 Å². The van der Waals surface area contributed by atoms with Crippen molar-refractivity contribution < 1.29 is 0 Å². The van der Waals surface area contributed by atoms with Gasteiger partial charge in [-0.25, -0.2) is 0 Å². The SMILES string of the molecule is C1=C\SS/N=N\CCCCCC/1. The molecule has 1 aliphatic rings. The van der Waals surface area contributed by atoms with Crippen LogP contribution in [0.2, 0.25) is 0 Å². The molecule has 0 aromatic heterocycles. The third kappa shape index (κ3) is 5.66. The molecule has 4 heteroatoms. The first kappa shape index (κ1) is 10.1. The summed E-state index contributed by atoms with van der Waals surface area (Å²) in [6.07, 6.45) is 8.57. The van der Waals surface area contributed by atoms with Crippen LogP contribution in [0, 0.1) is 0 Å². The van der Waals surface area contributed by atoms with E-state index >= 15 is 0 Å². The molecule has 0 unspecified atom stereocenters. The molecule has 0 spiro atoms. The minimum absolute atomic E-state index is 0.900. The van der Waals surface area contributed by atoms with Crippen LogP contribution in [0.5, 0.6) is 0 Å². The van der Waals surface area contributed by atoms with Crippen molar-refractivity contribution in [3.8, 4) is 0 Å². The molecule has 1 heterocycles. The molecular weight excluding hydrogens is 188 g/mol. The van der Waals surface area contributed by atoms with Crippen molar-refractivity contribution in [2.75, 3.05) is 6.54 Å². The van der Waals surface area contributed by atoms with Crippen LogP contribution < -0.4 is 0 Å².